The second-order valence-corrected chi connectivity index (χ2v) is 3.43. The fourth-order valence-electron chi connectivity index (χ4n) is 2.19. The van der Waals surface area contributed by atoms with E-state index in [4.69, 9.17) is 0 Å². The smallest absolute Gasteiger partial charge is 0.0120 e. The summed E-state index contributed by atoms with van der Waals surface area (Å²) in [6, 6.07) is 13.2. The highest BCUT2D eigenvalue weighted by atomic mass is 14.2. The monoisotopic (exact) mass is 214 g/mol. The molecule has 0 atom stereocenters. The molecular formula is C16H22. The van der Waals surface area contributed by atoms with Crippen molar-refractivity contribution < 1.29 is 0 Å². The van der Waals surface area contributed by atoms with Gasteiger partial charge in [0.25, 0.3) is 0 Å². The van der Waals surface area contributed by atoms with Gasteiger partial charge in [-0.3, -0.25) is 0 Å². The molecule has 3 rings (SSSR count). The van der Waals surface area contributed by atoms with Crippen molar-refractivity contribution in [3.63, 3.8) is 0 Å². The fourth-order valence-corrected chi connectivity index (χ4v) is 2.19. The predicted octanol–water partition coefficient (Wildman–Crippen LogP) is 4.99. The summed E-state index contributed by atoms with van der Waals surface area (Å²) in [5, 5.41) is 2.92. The highest BCUT2D eigenvalue weighted by molar-refractivity contribution is 5.90. The van der Waals surface area contributed by atoms with E-state index in [0.717, 1.165) is 0 Å². The molecule has 0 N–H and O–H groups in total. The maximum absolute atomic E-state index is 2.25. The molecule has 0 fully saturated rings. The number of hydrogen-bond donors (Lipinski definition) is 0. The van der Waals surface area contributed by atoms with Crippen molar-refractivity contribution >= 4 is 10.8 Å². The van der Waals surface area contributed by atoms with Gasteiger partial charge in [0.2, 0.25) is 0 Å². The molecule has 0 aliphatic heterocycles. The van der Waals surface area contributed by atoms with Crippen LogP contribution in [0.5, 0.6) is 0 Å². The zero-order chi connectivity index (χ0) is 12.0. The van der Waals surface area contributed by atoms with Crippen LogP contribution in [-0.2, 0) is 12.8 Å². The van der Waals surface area contributed by atoms with Gasteiger partial charge < -0.3 is 0 Å². The Balaban J connectivity index is 0.000000291. The molecule has 0 nitrogen and oxygen atoms in total. The molecule has 2 aromatic rings. The normalized spacial score (nSPS) is 11.2. The molecule has 0 unspecified atom stereocenters. The molecule has 2 aromatic carbocycles. The van der Waals surface area contributed by atoms with Crippen LogP contribution in [0.4, 0.5) is 0 Å². The third-order valence-electron chi connectivity index (χ3n) is 2.74. The van der Waals surface area contributed by atoms with Crippen LogP contribution in [0.1, 0.15) is 38.8 Å². The Morgan fingerprint density at radius 1 is 0.688 bits per heavy atom. The molecule has 0 aromatic heterocycles. The Morgan fingerprint density at radius 2 is 1.12 bits per heavy atom. The fraction of sp³-hybridized carbons (Fsp3) is 0.375. The lowest BCUT2D eigenvalue weighted by molar-refractivity contribution is 1.02. The van der Waals surface area contributed by atoms with E-state index in [1.165, 1.54) is 34.7 Å². The first kappa shape index (κ1) is 12.8. The molecule has 0 spiro atoms. The van der Waals surface area contributed by atoms with Crippen LogP contribution in [0.2, 0.25) is 0 Å². The van der Waals surface area contributed by atoms with Gasteiger partial charge in [-0.2, -0.15) is 0 Å². The molecule has 0 amide bonds. The van der Waals surface area contributed by atoms with E-state index in [1.807, 2.05) is 27.7 Å². The maximum Gasteiger partial charge on any atom is -0.0120 e. The Bertz CT molecular complexity index is 402. The number of benzene rings is 2. The van der Waals surface area contributed by atoms with Gasteiger partial charge >= 0.3 is 0 Å². The van der Waals surface area contributed by atoms with E-state index in [-0.39, 0.29) is 0 Å². The highest BCUT2D eigenvalue weighted by Gasteiger charge is 2.11. The summed E-state index contributed by atoms with van der Waals surface area (Å²) in [4.78, 5) is 0. The van der Waals surface area contributed by atoms with Gasteiger partial charge in [-0.1, -0.05) is 64.1 Å². The minimum absolute atomic E-state index is 1.23. The van der Waals surface area contributed by atoms with Crippen LogP contribution in [0.15, 0.2) is 36.4 Å². The van der Waals surface area contributed by atoms with Crippen molar-refractivity contribution in [3.05, 3.63) is 47.5 Å². The average Bonchev–Trinajstić information content (AvgIpc) is 2.81. The molecular weight excluding hydrogens is 192 g/mol. The van der Waals surface area contributed by atoms with Crippen LogP contribution in [0.3, 0.4) is 0 Å². The molecule has 1 aliphatic rings. The van der Waals surface area contributed by atoms with Crippen molar-refractivity contribution in [2.45, 2.75) is 40.5 Å². The van der Waals surface area contributed by atoms with Gasteiger partial charge in [-0.25, -0.2) is 0 Å². The van der Waals surface area contributed by atoms with Crippen molar-refractivity contribution in [1.82, 2.24) is 0 Å². The van der Waals surface area contributed by atoms with Crippen LogP contribution < -0.4 is 0 Å². The minimum Gasteiger partial charge on any atom is -0.0683 e. The van der Waals surface area contributed by atoms with E-state index in [9.17, 15) is 0 Å². The second kappa shape index (κ2) is 6.32. The molecule has 0 heteroatoms. The summed E-state index contributed by atoms with van der Waals surface area (Å²) >= 11 is 0. The molecule has 0 saturated heterocycles. The first-order valence-electron chi connectivity index (χ1n) is 6.45. The second-order valence-electron chi connectivity index (χ2n) is 3.43. The SMILES string of the molecule is CC.CC.c1cc2c3c(cccc3c1)CC2. The third-order valence-corrected chi connectivity index (χ3v) is 2.74. The van der Waals surface area contributed by atoms with Crippen LogP contribution >= 0.6 is 0 Å². The Hall–Kier alpha value is -1.30. The van der Waals surface area contributed by atoms with E-state index in [2.05, 4.69) is 36.4 Å². The van der Waals surface area contributed by atoms with E-state index in [1.54, 1.807) is 0 Å². The van der Waals surface area contributed by atoms with Crippen molar-refractivity contribution in [2.24, 2.45) is 0 Å². The Labute approximate surface area is 99.3 Å². The van der Waals surface area contributed by atoms with Crippen molar-refractivity contribution in [1.29, 1.82) is 0 Å². The average molecular weight is 214 g/mol. The standard InChI is InChI=1S/C12H10.2C2H6/c1-3-9-4-2-6-11-8-7-10(5-1)12(9)11;2*1-2/h1-6H,7-8H2;2*1-2H3. The topological polar surface area (TPSA) is 0 Å². The lowest BCUT2D eigenvalue weighted by Gasteiger charge is -1.99. The Morgan fingerprint density at radius 3 is 1.56 bits per heavy atom. The van der Waals surface area contributed by atoms with Crippen LogP contribution in [0.25, 0.3) is 10.8 Å². The zero-order valence-electron chi connectivity index (χ0n) is 10.9. The van der Waals surface area contributed by atoms with E-state index < -0.39 is 0 Å². The van der Waals surface area contributed by atoms with Crippen molar-refractivity contribution in [2.75, 3.05) is 0 Å². The summed E-state index contributed by atoms with van der Waals surface area (Å²) in [5.41, 5.74) is 3.06. The van der Waals surface area contributed by atoms with Gasteiger partial charge in [0, 0.05) is 0 Å². The Kier molecular flexibility index (Phi) is 5.04. The summed E-state index contributed by atoms with van der Waals surface area (Å²) in [6.07, 6.45) is 2.47. The molecule has 0 saturated carbocycles. The number of rotatable bonds is 0. The zero-order valence-corrected chi connectivity index (χ0v) is 10.9. The summed E-state index contributed by atoms with van der Waals surface area (Å²) in [7, 11) is 0. The number of hydrogen-bond acceptors (Lipinski definition) is 0. The first-order chi connectivity index (χ1) is 7.95. The van der Waals surface area contributed by atoms with Crippen LogP contribution in [-0.4, -0.2) is 0 Å². The van der Waals surface area contributed by atoms with Gasteiger partial charge in [-0.05, 0) is 34.7 Å². The first-order valence-corrected chi connectivity index (χ1v) is 6.45. The lowest BCUT2D eigenvalue weighted by atomic mass is 10.1. The van der Waals surface area contributed by atoms with E-state index >= 15 is 0 Å². The summed E-state index contributed by atoms with van der Waals surface area (Å²) in [5.74, 6) is 0. The van der Waals surface area contributed by atoms with Gasteiger partial charge in [0.05, 0.1) is 0 Å². The van der Waals surface area contributed by atoms with Crippen LogP contribution in [0, 0.1) is 0 Å². The lowest BCUT2D eigenvalue weighted by Crippen LogP contribution is -1.76. The molecule has 1 aliphatic carbocycles. The largest absolute Gasteiger partial charge is 0.0683 e. The highest BCUT2D eigenvalue weighted by Crippen LogP contribution is 2.29. The minimum atomic E-state index is 1.23. The van der Waals surface area contributed by atoms with Gasteiger partial charge in [0.1, 0.15) is 0 Å². The van der Waals surface area contributed by atoms with Crippen molar-refractivity contribution in [3.8, 4) is 0 Å². The summed E-state index contributed by atoms with van der Waals surface area (Å²) in [6.45, 7) is 8.00. The quantitative estimate of drug-likeness (QED) is 0.579. The summed E-state index contributed by atoms with van der Waals surface area (Å²) < 4.78 is 0. The molecule has 86 valence electrons. The molecule has 0 radical (unpaired) electrons. The van der Waals surface area contributed by atoms with E-state index in [0.29, 0.717) is 0 Å². The van der Waals surface area contributed by atoms with Gasteiger partial charge in [0.15, 0.2) is 0 Å². The van der Waals surface area contributed by atoms with Gasteiger partial charge in [-0.15, -0.1) is 0 Å². The third kappa shape index (κ3) is 2.27. The number of aryl methyl sites for hydroxylation is 2. The molecule has 0 heterocycles. The maximum atomic E-state index is 2.25. The molecule has 16 heavy (non-hydrogen) atoms. The predicted molar refractivity (Wildman–Crippen MR) is 74.1 cm³/mol. The molecule has 0 bridgehead atoms.